The summed E-state index contributed by atoms with van der Waals surface area (Å²) in [4.78, 5) is 44.1. The van der Waals surface area contributed by atoms with Gasteiger partial charge in [0.15, 0.2) is 5.41 Å². The molecule has 1 saturated heterocycles. The molecule has 2 aliphatic rings. The van der Waals surface area contributed by atoms with Crippen LogP contribution < -0.4 is 10.2 Å². The molecule has 1 heterocycles. The van der Waals surface area contributed by atoms with Crippen molar-refractivity contribution in [2.24, 2.45) is 11.3 Å². The summed E-state index contributed by atoms with van der Waals surface area (Å²) in [7, 11) is 1.57. The summed E-state index contributed by atoms with van der Waals surface area (Å²) < 4.78 is 5.21. The zero-order valence-corrected chi connectivity index (χ0v) is 15.7. The van der Waals surface area contributed by atoms with Gasteiger partial charge in [-0.25, -0.2) is 4.79 Å². The van der Waals surface area contributed by atoms with Gasteiger partial charge in [-0.15, -0.1) is 0 Å². The molecule has 1 aliphatic carbocycles. The number of hydrogen-bond donors (Lipinski definition) is 1. The molecule has 0 bridgehead atoms. The molecule has 6 heteroatoms. The topological polar surface area (TPSA) is 81.7 Å². The summed E-state index contributed by atoms with van der Waals surface area (Å²) in [5.74, 6) is -2.18. The molecule has 1 saturated carbocycles. The van der Waals surface area contributed by atoms with Crippen molar-refractivity contribution in [2.45, 2.75) is 25.2 Å². The molecule has 28 heavy (non-hydrogen) atoms. The van der Waals surface area contributed by atoms with Gasteiger partial charge < -0.3 is 9.57 Å². The van der Waals surface area contributed by atoms with Gasteiger partial charge in [0, 0.05) is 24.2 Å². The predicted octanol–water partition coefficient (Wildman–Crippen LogP) is 2.75. The standard InChI is InChI=1S/C22H21NO5/c1-13-18(24)12-17(14-8-10-16(27-2)11-9-14)22(20(25)23-28-21(22)26)19(13)15-6-4-3-5-7-15/h3-11,13,17,19H,12H2,1-2H3,(H,23,25). The van der Waals surface area contributed by atoms with Gasteiger partial charge in [0.05, 0.1) is 7.11 Å². The summed E-state index contributed by atoms with van der Waals surface area (Å²) in [6.07, 6.45) is 0.0966. The van der Waals surface area contributed by atoms with E-state index in [-0.39, 0.29) is 12.2 Å². The van der Waals surface area contributed by atoms with Gasteiger partial charge in [-0.2, -0.15) is 5.48 Å². The third-order valence-corrected chi connectivity index (χ3v) is 6.08. The molecule has 144 valence electrons. The third kappa shape index (κ3) is 2.52. The highest BCUT2D eigenvalue weighted by atomic mass is 16.7. The lowest BCUT2D eigenvalue weighted by molar-refractivity contribution is -0.156. The summed E-state index contributed by atoms with van der Waals surface area (Å²) in [5.41, 5.74) is 2.27. The van der Waals surface area contributed by atoms with Gasteiger partial charge in [-0.1, -0.05) is 49.4 Å². The summed E-state index contributed by atoms with van der Waals surface area (Å²) >= 11 is 0. The molecule has 6 nitrogen and oxygen atoms in total. The molecule has 1 aliphatic heterocycles. The number of hydrogen-bond acceptors (Lipinski definition) is 5. The highest BCUT2D eigenvalue weighted by molar-refractivity contribution is 6.10. The first-order chi connectivity index (χ1) is 13.5. The lowest BCUT2D eigenvalue weighted by atomic mass is 9.53. The van der Waals surface area contributed by atoms with Crippen LogP contribution in [0.1, 0.15) is 36.3 Å². The van der Waals surface area contributed by atoms with E-state index in [0.717, 1.165) is 11.1 Å². The highest BCUT2D eigenvalue weighted by Gasteiger charge is 2.67. The smallest absolute Gasteiger partial charge is 0.349 e. The number of carbonyl (C=O) groups is 3. The van der Waals surface area contributed by atoms with Gasteiger partial charge in [-0.3, -0.25) is 9.59 Å². The number of methoxy groups -OCH3 is 1. The van der Waals surface area contributed by atoms with E-state index >= 15 is 0 Å². The number of benzene rings is 2. The Morgan fingerprint density at radius 3 is 2.25 bits per heavy atom. The number of nitrogens with one attached hydrogen (secondary N) is 1. The molecule has 4 unspecified atom stereocenters. The number of hydroxylamine groups is 1. The van der Waals surface area contributed by atoms with Crippen LogP contribution >= 0.6 is 0 Å². The summed E-state index contributed by atoms with van der Waals surface area (Å²) in [6, 6.07) is 16.4. The molecule has 2 aromatic rings. The maximum atomic E-state index is 13.1. The van der Waals surface area contributed by atoms with Gasteiger partial charge in [0.1, 0.15) is 11.5 Å². The van der Waals surface area contributed by atoms with Crippen molar-refractivity contribution in [3.63, 3.8) is 0 Å². The van der Waals surface area contributed by atoms with E-state index in [0.29, 0.717) is 5.75 Å². The molecule has 1 N–H and O–H groups in total. The predicted molar refractivity (Wildman–Crippen MR) is 100 cm³/mol. The Morgan fingerprint density at radius 1 is 1.00 bits per heavy atom. The Morgan fingerprint density at radius 2 is 1.68 bits per heavy atom. The Bertz CT molecular complexity index is 906. The highest BCUT2D eigenvalue weighted by Crippen LogP contribution is 2.58. The normalized spacial score (nSPS) is 29.5. The maximum absolute atomic E-state index is 13.1. The minimum absolute atomic E-state index is 0.0211. The van der Waals surface area contributed by atoms with Crippen LogP contribution in [0.3, 0.4) is 0 Å². The van der Waals surface area contributed by atoms with E-state index in [2.05, 4.69) is 5.48 Å². The fourth-order valence-electron chi connectivity index (χ4n) is 4.70. The molecular formula is C22H21NO5. The molecule has 0 radical (unpaired) electrons. The van der Waals surface area contributed by atoms with Crippen LogP contribution in [0.5, 0.6) is 5.75 Å². The molecule has 1 spiro atoms. The van der Waals surface area contributed by atoms with Gasteiger partial charge in [0.25, 0.3) is 5.91 Å². The van der Waals surface area contributed by atoms with Crippen molar-refractivity contribution in [1.29, 1.82) is 0 Å². The number of rotatable bonds is 3. The second-order valence-corrected chi connectivity index (χ2v) is 7.36. The second kappa shape index (κ2) is 6.78. The number of ether oxygens (including phenoxy) is 1. The Balaban J connectivity index is 1.93. The zero-order chi connectivity index (χ0) is 19.9. The van der Waals surface area contributed by atoms with Crippen LogP contribution in [0.2, 0.25) is 0 Å². The second-order valence-electron chi connectivity index (χ2n) is 7.36. The minimum Gasteiger partial charge on any atom is -0.497 e. The molecule has 0 aromatic heterocycles. The number of ketones is 1. The van der Waals surface area contributed by atoms with Crippen molar-refractivity contribution < 1.29 is 24.0 Å². The van der Waals surface area contributed by atoms with Crippen LogP contribution in [0.25, 0.3) is 0 Å². The maximum Gasteiger partial charge on any atom is 0.349 e. The number of Topliss-reactive ketones (excluding diaryl/α,β-unsaturated/α-hetero) is 1. The average Bonchev–Trinajstić information content (AvgIpc) is 3.01. The molecule has 4 rings (SSSR count). The van der Waals surface area contributed by atoms with Crippen LogP contribution in [0, 0.1) is 11.3 Å². The first-order valence-corrected chi connectivity index (χ1v) is 9.23. The van der Waals surface area contributed by atoms with Gasteiger partial charge in [-0.05, 0) is 23.3 Å². The van der Waals surface area contributed by atoms with Crippen molar-refractivity contribution in [2.75, 3.05) is 7.11 Å². The van der Waals surface area contributed by atoms with Gasteiger partial charge in [0.2, 0.25) is 0 Å². The lowest BCUT2D eigenvalue weighted by Gasteiger charge is -2.45. The quantitative estimate of drug-likeness (QED) is 0.830. The van der Waals surface area contributed by atoms with Crippen molar-refractivity contribution in [3.05, 3.63) is 65.7 Å². The fourth-order valence-corrected chi connectivity index (χ4v) is 4.70. The molecule has 2 fully saturated rings. The number of amides is 1. The summed E-state index contributed by atoms with van der Waals surface area (Å²) in [6.45, 7) is 1.78. The monoisotopic (exact) mass is 379 g/mol. The zero-order valence-electron chi connectivity index (χ0n) is 15.7. The SMILES string of the molecule is COc1ccc(C2CC(=O)C(C)C(c3ccccc3)C23C(=O)NOC3=O)cc1. The Hall–Kier alpha value is -3.15. The van der Waals surface area contributed by atoms with Crippen molar-refractivity contribution in [3.8, 4) is 5.75 Å². The van der Waals surface area contributed by atoms with Gasteiger partial charge >= 0.3 is 5.97 Å². The van der Waals surface area contributed by atoms with E-state index < -0.39 is 35.0 Å². The minimum atomic E-state index is -1.50. The van der Waals surface area contributed by atoms with Crippen molar-refractivity contribution >= 4 is 17.7 Å². The molecule has 4 atom stereocenters. The third-order valence-electron chi connectivity index (χ3n) is 6.08. The van der Waals surface area contributed by atoms with Crippen LogP contribution in [-0.2, 0) is 19.2 Å². The molecular weight excluding hydrogens is 358 g/mol. The Kier molecular flexibility index (Phi) is 4.41. The fraction of sp³-hybridized carbons (Fsp3) is 0.318. The lowest BCUT2D eigenvalue weighted by Crippen LogP contribution is -2.53. The summed E-state index contributed by atoms with van der Waals surface area (Å²) in [5, 5.41) is 0. The first-order valence-electron chi connectivity index (χ1n) is 9.23. The van der Waals surface area contributed by atoms with Crippen LogP contribution in [-0.4, -0.2) is 24.8 Å². The van der Waals surface area contributed by atoms with E-state index in [1.165, 1.54) is 0 Å². The van der Waals surface area contributed by atoms with Crippen molar-refractivity contribution in [1.82, 2.24) is 5.48 Å². The average molecular weight is 379 g/mol. The largest absolute Gasteiger partial charge is 0.497 e. The van der Waals surface area contributed by atoms with E-state index in [1.807, 2.05) is 30.3 Å². The number of carbonyl (C=O) groups excluding carboxylic acids is 3. The van der Waals surface area contributed by atoms with E-state index in [9.17, 15) is 14.4 Å². The van der Waals surface area contributed by atoms with E-state index in [1.54, 1.807) is 38.3 Å². The van der Waals surface area contributed by atoms with Crippen LogP contribution in [0.4, 0.5) is 0 Å². The molecule has 2 aromatic carbocycles. The first kappa shape index (κ1) is 18.2. The molecule has 1 amide bonds. The van der Waals surface area contributed by atoms with Crippen LogP contribution in [0.15, 0.2) is 54.6 Å². The van der Waals surface area contributed by atoms with E-state index in [4.69, 9.17) is 9.57 Å². The Labute approximate surface area is 162 Å².